The van der Waals surface area contributed by atoms with Crippen LogP contribution in [0.2, 0.25) is 5.15 Å². The highest BCUT2D eigenvalue weighted by molar-refractivity contribution is 7.82. The minimum atomic E-state index is -4.34. The molecular formula is C20H19ClF2N6O7S. The number of aromatic nitrogens is 4. The maximum Gasteiger partial charge on any atom is 0.448 e. The molecule has 37 heavy (non-hydrogen) atoms. The van der Waals surface area contributed by atoms with Crippen molar-refractivity contribution in [1.29, 1.82) is 0 Å². The predicted octanol–water partition coefficient (Wildman–Crippen LogP) is 0.715. The van der Waals surface area contributed by atoms with E-state index >= 15 is 0 Å². The molecule has 0 atom stereocenters. The molecule has 0 aliphatic heterocycles. The number of amides is 1. The van der Waals surface area contributed by atoms with Crippen LogP contribution in [0, 0.1) is 5.21 Å². The summed E-state index contributed by atoms with van der Waals surface area (Å²) in [6, 6.07) is 6.17. The monoisotopic (exact) mass is 560 g/mol. The molecule has 3 aromatic rings. The van der Waals surface area contributed by atoms with E-state index in [1.54, 1.807) is 0 Å². The molecule has 0 saturated heterocycles. The Balaban J connectivity index is 1.70. The minimum Gasteiger partial charge on any atom is -0.618 e. The summed E-state index contributed by atoms with van der Waals surface area (Å²) in [6.07, 6.45) is 3.22. The summed E-state index contributed by atoms with van der Waals surface area (Å²) < 4.78 is 61.7. The Morgan fingerprint density at radius 2 is 2.03 bits per heavy atom. The summed E-state index contributed by atoms with van der Waals surface area (Å²) in [7, 11) is -3.44. The van der Waals surface area contributed by atoms with Gasteiger partial charge in [0.05, 0.1) is 26.4 Å². The summed E-state index contributed by atoms with van der Waals surface area (Å²) in [5.41, 5.74) is -1.78. The van der Waals surface area contributed by atoms with E-state index in [0.29, 0.717) is 0 Å². The molecule has 0 radical (unpaired) electrons. The fourth-order valence-corrected chi connectivity index (χ4v) is 3.52. The molecule has 0 unspecified atom stereocenters. The third-order valence-electron chi connectivity index (χ3n) is 4.68. The summed E-state index contributed by atoms with van der Waals surface area (Å²) in [5.74, 6) is -5.14. The van der Waals surface area contributed by atoms with Crippen molar-refractivity contribution in [2.45, 2.75) is 19.0 Å². The van der Waals surface area contributed by atoms with E-state index in [2.05, 4.69) is 24.8 Å². The molecule has 3 aromatic heterocycles. The quantitative estimate of drug-likeness (QED) is 0.252. The van der Waals surface area contributed by atoms with Crippen molar-refractivity contribution in [3.05, 3.63) is 81.0 Å². The molecule has 2 N–H and O–H groups in total. The van der Waals surface area contributed by atoms with Gasteiger partial charge < -0.3 is 20.0 Å². The van der Waals surface area contributed by atoms with Gasteiger partial charge >= 0.3 is 16.3 Å². The Labute approximate surface area is 213 Å². The number of anilines is 1. The van der Waals surface area contributed by atoms with Crippen molar-refractivity contribution in [2.24, 2.45) is 0 Å². The van der Waals surface area contributed by atoms with Crippen molar-refractivity contribution in [1.82, 2.24) is 19.9 Å². The van der Waals surface area contributed by atoms with Gasteiger partial charge in [0.2, 0.25) is 5.91 Å². The van der Waals surface area contributed by atoms with Gasteiger partial charge in [-0.1, -0.05) is 11.6 Å². The second-order valence-corrected chi connectivity index (χ2v) is 8.88. The molecule has 198 valence electrons. The van der Waals surface area contributed by atoms with Crippen molar-refractivity contribution < 1.29 is 35.1 Å². The molecule has 0 fully saturated rings. The summed E-state index contributed by atoms with van der Waals surface area (Å²) >= 11 is 5.97. The third kappa shape index (κ3) is 7.08. The minimum absolute atomic E-state index is 0.00232. The lowest BCUT2D eigenvalue weighted by molar-refractivity contribution is -0.624. The van der Waals surface area contributed by atoms with Gasteiger partial charge in [-0.05, 0) is 18.2 Å². The molecular weight excluding hydrogens is 542 g/mol. The summed E-state index contributed by atoms with van der Waals surface area (Å²) in [4.78, 5) is 32.8. The van der Waals surface area contributed by atoms with E-state index in [-0.39, 0.29) is 27.9 Å². The molecule has 0 aliphatic rings. The number of halogens is 3. The van der Waals surface area contributed by atoms with Gasteiger partial charge in [-0.15, -0.1) is 0 Å². The molecule has 0 aromatic carbocycles. The van der Waals surface area contributed by atoms with Crippen molar-refractivity contribution in [3.8, 4) is 5.75 Å². The normalized spacial score (nSPS) is 11.7. The number of nitrogens with one attached hydrogen (secondary N) is 2. The zero-order valence-electron chi connectivity index (χ0n) is 18.9. The molecule has 0 bridgehead atoms. The van der Waals surface area contributed by atoms with Crippen LogP contribution in [-0.4, -0.2) is 42.5 Å². The second-order valence-electron chi connectivity index (χ2n) is 7.17. The van der Waals surface area contributed by atoms with Gasteiger partial charge in [-0.25, -0.2) is 9.17 Å². The maximum atomic E-state index is 14.5. The number of carbonyl (C=O) groups excluding carboxylic acids is 1. The molecule has 0 saturated carbocycles. The van der Waals surface area contributed by atoms with Crippen molar-refractivity contribution >= 4 is 33.7 Å². The maximum absolute atomic E-state index is 14.5. The van der Waals surface area contributed by atoms with Gasteiger partial charge in [0.1, 0.15) is 17.4 Å². The predicted molar refractivity (Wildman–Crippen MR) is 124 cm³/mol. The lowest BCUT2D eigenvalue weighted by Gasteiger charge is -2.17. The first-order chi connectivity index (χ1) is 17.4. The number of hydrogen-bond donors (Lipinski definition) is 2. The highest BCUT2D eigenvalue weighted by Gasteiger charge is 2.39. The Morgan fingerprint density at radius 3 is 2.73 bits per heavy atom. The fraction of sp³-hybridized carbons (Fsp3) is 0.250. The van der Waals surface area contributed by atoms with Gasteiger partial charge in [0.15, 0.2) is 17.8 Å². The van der Waals surface area contributed by atoms with E-state index in [1.807, 2.05) is 0 Å². The first-order valence-corrected chi connectivity index (χ1v) is 11.9. The van der Waals surface area contributed by atoms with Crippen LogP contribution in [0.4, 0.5) is 14.6 Å². The van der Waals surface area contributed by atoms with Crippen molar-refractivity contribution in [2.75, 3.05) is 19.0 Å². The van der Waals surface area contributed by atoms with Crippen LogP contribution in [0.1, 0.15) is 11.4 Å². The number of hydrogen-bond acceptors (Lipinski definition) is 10. The van der Waals surface area contributed by atoms with E-state index in [4.69, 9.17) is 15.8 Å². The first kappa shape index (κ1) is 27.7. The summed E-state index contributed by atoms with van der Waals surface area (Å²) in [6.45, 7) is -2.07. The van der Waals surface area contributed by atoms with Crippen LogP contribution >= 0.6 is 11.6 Å². The van der Waals surface area contributed by atoms with E-state index < -0.39 is 52.4 Å². The molecule has 0 spiro atoms. The van der Waals surface area contributed by atoms with E-state index in [1.165, 1.54) is 30.5 Å². The van der Waals surface area contributed by atoms with E-state index in [0.717, 1.165) is 30.1 Å². The smallest absolute Gasteiger partial charge is 0.448 e. The average molecular weight is 561 g/mol. The number of nitrogens with zero attached hydrogens (tertiary/aromatic N) is 4. The zero-order chi connectivity index (χ0) is 27.2. The Bertz CT molecular complexity index is 1460. The second kappa shape index (κ2) is 11.4. The zero-order valence-corrected chi connectivity index (χ0v) is 20.5. The van der Waals surface area contributed by atoms with Gasteiger partial charge in [-0.3, -0.25) is 19.1 Å². The van der Waals surface area contributed by atoms with Crippen LogP contribution in [-0.2, 0) is 38.4 Å². The van der Waals surface area contributed by atoms with Gasteiger partial charge in [0.25, 0.3) is 11.3 Å². The van der Waals surface area contributed by atoms with Crippen LogP contribution in [0.25, 0.3) is 0 Å². The number of rotatable bonds is 11. The number of pyridine rings is 2. The lowest BCUT2D eigenvalue weighted by atomic mass is 10.2. The fourth-order valence-electron chi connectivity index (χ4n) is 2.89. The topological polar surface area (TPSA) is 168 Å². The first-order valence-electron chi connectivity index (χ1n) is 10.2. The molecule has 0 aliphatic carbocycles. The number of carbonyl (C=O) groups is 1. The van der Waals surface area contributed by atoms with E-state index in [9.17, 15) is 32.0 Å². The van der Waals surface area contributed by atoms with Crippen LogP contribution in [0.3, 0.4) is 0 Å². The Hall–Kier alpha value is -3.89. The van der Waals surface area contributed by atoms with Crippen LogP contribution in [0.5, 0.6) is 5.75 Å². The van der Waals surface area contributed by atoms with Gasteiger partial charge in [-0.2, -0.15) is 21.9 Å². The average Bonchev–Trinajstić information content (AvgIpc) is 2.85. The SMILES string of the molecule is COS(=O)(=O)Oc1cccnc1CNC(=O)Cn1c(Cl)cnc(NCC(F)(F)c2cccc[n+]2[O-])c1=O. The van der Waals surface area contributed by atoms with Crippen LogP contribution in [0.15, 0.2) is 53.7 Å². The Kier molecular flexibility index (Phi) is 8.57. The molecule has 13 nitrogen and oxygen atoms in total. The lowest BCUT2D eigenvalue weighted by Crippen LogP contribution is -2.41. The molecule has 3 heterocycles. The standard InChI is InChI=1S/C20H19ClF2N6O7S/c1-35-37(33,34)36-14-5-4-7-24-13(14)9-25-17(30)11-28-16(21)10-26-18(19(28)31)27-12-20(22,23)15-6-2-3-8-29(15)32/h2-8,10H,9,11-12H2,1H3,(H,25,30)(H,26,27). The van der Waals surface area contributed by atoms with Crippen molar-refractivity contribution in [3.63, 3.8) is 0 Å². The molecule has 1 amide bonds. The third-order valence-corrected chi connectivity index (χ3v) is 5.78. The molecule has 3 rings (SSSR count). The molecule has 17 heteroatoms. The Morgan fingerprint density at radius 1 is 1.27 bits per heavy atom. The summed E-state index contributed by atoms with van der Waals surface area (Å²) in [5, 5.41) is 16.0. The number of alkyl halides is 2. The highest BCUT2D eigenvalue weighted by atomic mass is 35.5. The van der Waals surface area contributed by atoms with Gasteiger partial charge in [0, 0.05) is 18.3 Å². The highest BCUT2D eigenvalue weighted by Crippen LogP contribution is 2.25. The largest absolute Gasteiger partial charge is 0.618 e. The van der Waals surface area contributed by atoms with Crippen LogP contribution < -0.4 is 25.1 Å².